The first-order valence-electron chi connectivity index (χ1n) is 16.0. The summed E-state index contributed by atoms with van der Waals surface area (Å²) in [6.07, 6.45) is 0. The molecule has 0 amide bonds. The number of phenolic OH excluding ortho intramolecular Hbond substituents is 1. The summed E-state index contributed by atoms with van der Waals surface area (Å²) in [7, 11) is 1.78. The van der Waals surface area contributed by atoms with Crippen molar-refractivity contribution in [3.05, 3.63) is 206 Å². The Labute approximate surface area is 319 Å². The van der Waals surface area contributed by atoms with Crippen LogP contribution in [0.25, 0.3) is 37.9 Å². The minimum Gasteiger partial charge on any atom is -0.584 e. The van der Waals surface area contributed by atoms with Gasteiger partial charge in [-0.1, -0.05) is 54.6 Å². The molecule has 2 N–H and O–H groups in total. The Morgan fingerprint density at radius 1 is 0.580 bits per heavy atom. The van der Waals surface area contributed by atoms with Gasteiger partial charge in [0.1, 0.15) is 10.6 Å². The number of hydrogen-bond donors (Lipinski definition) is 1. The zero-order chi connectivity index (χ0) is 34.6. The Kier molecular flexibility index (Phi) is 14.0. The Balaban J connectivity index is 0.000000206. The van der Waals surface area contributed by atoms with E-state index >= 15 is 0 Å². The van der Waals surface area contributed by atoms with Crippen LogP contribution in [0.4, 0.5) is 0 Å². The molecule has 2 aromatic heterocycles. The number of hydrogen-bond acceptors (Lipinski definition) is 2. The Hall–Kier alpha value is -5.10. The van der Waals surface area contributed by atoms with Gasteiger partial charge < -0.3 is 14.4 Å². The Bertz CT molecular complexity index is 2070. The number of thiophene rings is 1. The Morgan fingerprint density at radius 3 is 1.40 bits per heavy atom. The first kappa shape index (κ1) is 37.7. The first-order chi connectivity index (χ1) is 23.9. The zero-order valence-corrected chi connectivity index (χ0v) is 32.9. The fourth-order valence-corrected chi connectivity index (χ4v) is 6.30. The number of phenols is 1. The molecular weight excluding hydrogens is 797 g/mol. The van der Waals surface area contributed by atoms with E-state index < -0.39 is 0 Å². The van der Waals surface area contributed by atoms with Crippen LogP contribution in [-0.4, -0.2) is 21.5 Å². The summed E-state index contributed by atoms with van der Waals surface area (Å²) in [5, 5.41) is 15.7. The van der Waals surface area contributed by atoms with Gasteiger partial charge in [0.05, 0.1) is 16.7 Å². The van der Waals surface area contributed by atoms with Gasteiger partial charge in [-0.25, -0.2) is 0 Å². The van der Waals surface area contributed by atoms with E-state index in [0.29, 0.717) is 0 Å². The average Bonchev–Trinajstić information content (AvgIpc) is 3.74. The molecule has 0 fully saturated rings. The maximum absolute atomic E-state index is 11.3. The van der Waals surface area contributed by atoms with E-state index in [-0.39, 0.29) is 31.6 Å². The van der Waals surface area contributed by atoms with E-state index in [0.717, 1.165) is 55.2 Å². The van der Waals surface area contributed by atoms with Crippen molar-refractivity contribution in [3.8, 4) is 27.6 Å². The summed E-state index contributed by atoms with van der Waals surface area (Å²) >= 11 is 1.60. The number of aromatic hydroxyl groups is 2. The SMILES string of the molecule is C[OH+]c1ccsc1-c1cc(C)cc(-n2c3ccccc3c3ccccc32)c1O.[CH2-]c1ccccc1.[CH2-]c1ccccc1.[CH2-]c1ccccc1.[Hf]. The van der Waals surface area contributed by atoms with E-state index in [2.05, 4.69) is 73.4 Å². The normalized spacial score (nSPS) is 9.96. The molecule has 0 radical (unpaired) electrons. The second-order valence-electron chi connectivity index (χ2n) is 11.4. The number of ether oxygens (including phenoxy) is 1. The van der Waals surface area contributed by atoms with E-state index in [1.54, 1.807) is 18.4 Å². The molecule has 0 aliphatic carbocycles. The van der Waals surface area contributed by atoms with Gasteiger partial charge in [-0.3, -0.25) is 0 Å². The predicted octanol–water partition coefficient (Wildman–Crippen LogP) is 12.0. The standard InChI is InChI=1S/C24H19NO2S.3C7H7.Hf/c1-15-13-18(24-22(27-2)11-12-28-24)23(26)21(14-15)25-19-9-5-3-7-16(19)17-8-4-6-10-20(17)25;3*1-7-5-3-2-4-6-7;/h3-14,26H,1-2H3;3*2-6H,1H2;/q;3*-1;/p+1. The molecule has 8 rings (SSSR count). The van der Waals surface area contributed by atoms with Crippen molar-refractivity contribution in [2.24, 2.45) is 0 Å². The van der Waals surface area contributed by atoms with Crippen LogP contribution in [0, 0.1) is 27.7 Å². The van der Waals surface area contributed by atoms with Gasteiger partial charge in [0, 0.05) is 53.6 Å². The fraction of sp³-hybridized carbons (Fsp3) is 0.0444. The van der Waals surface area contributed by atoms with Crippen molar-refractivity contribution >= 4 is 33.1 Å². The van der Waals surface area contributed by atoms with Crippen LogP contribution in [0.3, 0.4) is 0 Å². The van der Waals surface area contributed by atoms with E-state index in [1.807, 2.05) is 127 Å². The molecule has 0 aliphatic heterocycles. The monoisotopic (exact) mass is 839 g/mol. The predicted molar refractivity (Wildman–Crippen MR) is 211 cm³/mol. The van der Waals surface area contributed by atoms with E-state index in [4.69, 9.17) is 0 Å². The molecule has 5 heteroatoms. The van der Waals surface area contributed by atoms with Gasteiger partial charge in [0.25, 0.3) is 5.75 Å². The van der Waals surface area contributed by atoms with Gasteiger partial charge in [-0.15, -0.1) is 47.7 Å². The van der Waals surface area contributed by atoms with Gasteiger partial charge in [-0.2, -0.15) is 73.9 Å². The van der Waals surface area contributed by atoms with Gasteiger partial charge in [-0.05, 0) is 36.8 Å². The van der Waals surface area contributed by atoms with Crippen molar-refractivity contribution < 1.29 is 35.7 Å². The summed E-state index contributed by atoms with van der Waals surface area (Å²) < 4.78 is 6.52. The number of nitrogens with zero attached hydrogens (tertiary/aromatic N) is 1. The summed E-state index contributed by atoms with van der Waals surface area (Å²) in [5.41, 5.74) is 8.10. The van der Waals surface area contributed by atoms with E-state index in [9.17, 15) is 5.11 Å². The minimum atomic E-state index is 0. The maximum Gasteiger partial charge on any atom is 0.273 e. The van der Waals surface area contributed by atoms with Crippen molar-refractivity contribution in [1.82, 2.24) is 4.57 Å². The number of fused-ring (bicyclic) bond motifs is 3. The molecule has 2 heterocycles. The van der Waals surface area contributed by atoms with Crippen LogP contribution in [0.2, 0.25) is 0 Å². The number of aliphatic hydroxyl groups is 1. The summed E-state index contributed by atoms with van der Waals surface area (Å²) in [5.74, 6) is 1.18. The maximum atomic E-state index is 11.3. The van der Waals surface area contributed by atoms with Gasteiger partial charge in [0.15, 0.2) is 7.11 Å². The second kappa shape index (κ2) is 18.6. The molecule has 0 aliphatic rings. The Morgan fingerprint density at radius 2 is 1.00 bits per heavy atom. The molecular formula is C45H41HfNO2S-2. The molecule has 250 valence electrons. The van der Waals surface area contributed by atoms with Crippen molar-refractivity contribution in [2.75, 3.05) is 7.11 Å². The first-order valence-corrected chi connectivity index (χ1v) is 16.9. The molecule has 6 aromatic carbocycles. The molecule has 3 nitrogen and oxygen atoms in total. The third-order valence-corrected chi connectivity index (χ3v) is 8.65. The van der Waals surface area contributed by atoms with Crippen LogP contribution in [0.1, 0.15) is 22.3 Å². The molecule has 0 atom stereocenters. The van der Waals surface area contributed by atoms with Crippen LogP contribution in [0.5, 0.6) is 11.5 Å². The molecule has 50 heavy (non-hydrogen) atoms. The molecule has 0 saturated heterocycles. The smallest absolute Gasteiger partial charge is 0.273 e. The van der Waals surface area contributed by atoms with Crippen LogP contribution in [-0.2, 0) is 25.8 Å². The number of para-hydroxylation sites is 2. The van der Waals surface area contributed by atoms with Crippen LogP contribution >= 0.6 is 11.3 Å². The summed E-state index contributed by atoms with van der Waals surface area (Å²) in [4.78, 5) is 0.991. The summed E-state index contributed by atoms with van der Waals surface area (Å²) in [6, 6.07) is 52.4. The molecule has 0 spiro atoms. The molecule has 0 saturated carbocycles. The zero-order valence-electron chi connectivity index (χ0n) is 28.5. The minimum absolute atomic E-state index is 0. The number of rotatable bonds is 3. The van der Waals surface area contributed by atoms with Crippen molar-refractivity contribution in [3.63, 3.8) is 0 Å². The third-order valence-electron chi connectivity index (χ3n) is 7.71. The number of aryl methyl sites for hydroxylation is 1. The van der Waals surface area contributed by atoms with Gasteiger partial charge in [0.2, 0.25) is 0 Å². The molecule has 0 bridgehead atoms. The average molecular weight is 838 g/mol. The quantitative estimate of drug-likeness (QED) is 0.107. The fourth-order valence-electron chi connectivity index (χ4n) is 5.40. The second-order valence-corrected chi connectivity index (χ2v) is 12.3. The van der Waals surface area contributed by atoms with Crippen LogP contribution < -0.4 is 0 Å². The number of aromatic nitrogens is 1. The van der Waals surface area contributed by atoms with Crippen molar-refractivity contribution in [2.45, 2.75) is 6.92 Å². The summed E-state index contributed by atoms with van der Waals surface area (Å²) in [6.45, 7) is 13.2. The molecule has 8 aromatic rings. The van der Waals surface area contributed by atoms with Crippen molar-refractivity contribution in [1.29, 1.82) is 0 Å². The van der Waals surface area contributed by atoms with E-state index in [1.165, 1.54) is 10.8 Å². The molecule has 0 unspecified atom stereocenters. The largest absolute Gasteiger partial charge is 0.584 e. The topological polar surface area (TPSA) is 38.0 Å². The van der Waals surface area contributed by atoms with Gasteiger partial charge >= 0.3 is 0 Å². The van der Waals surface area contributed by atoms with Crippen LogP contribution in [0.15, 0.2) is 163 Å². The third kappa shape index (κ3) is 9.53. The number of benzene rings is 6.